The highest BCUT2D eigenvalue weighted by Crippen LogP contribution is 2.39. The number of aromatic nitrogens is 2. The molecule has 0 spiro atoms. The third-order valence-corrected chi connectivity index (χ3v) is 16.9. The molecule has 0 radical (unpaired) electrons. The van der Waals surface area contributed by atoms with Crippen LogP contribution in [-0.4, -0.2) is 168 Å². The Morgan fingerprint density at radius 1 is 0.630 bits per heavy atom. The maximum Gasteiger partial charge on any atom is 0.341 e. The van der Waals surface area contributed by atoms with Gasteiger partial charge in [0.05, 0.1) is 66.7 Å². The lowest BCUT2D eigenvalue weighted by Gasteiger charge is -2.27. The van der Waals surface area contributed by atoms with Crippen molar-refractivity contribution in [2.75, 3.05) is 87.6 Å². The number of piperidine rings is 2. The van der Waals surface area contributed by atoms with Gasteiger partial charge < -0.3 is 44.9 Å². The normalized spacial score (nSPS) is 17.8. The standard InChI is InChI=1S/C31H28F2N4O7S.C15H14F2N2O4S.C14H14N4O4.ClH/c32-21-8-7-19(22-16-45-31(34-22)36-11-13-43-14-12-36)27(26(21)33)44-15-18(38)5-1-3-17-4-2-6-20-25(17)30(42)37(29(20)41)23-9-10-24(39)35-28(23)40;16-10-2-1-9(14(13(10)17)23-7-12(20)21)11-8-24-15(18-11)19-3-5-22-6-4-19;15-6-16-8-3-1-2-7-11(8)14(22)18(13(7)21)9-4-5-10(19)17-12(9)20;/h2,4,6-8,16,23H,1,3,5,9-15H2,(H,35,39,40);1-2,8H,3-7H2,(H,20,21);1-3,9,16H,4-6,15H2,(H,17,19,20);1H. The van der Waals surface area contributed by atoms with Crippen molar-refractivity contribution in [2.24, 2.45) is 5.73 Å². The van der Waals surface area contributed by atoms with Gasteiger partial charge in [0.15, 0.2) is 45.8 Å². The number of thiazole rings is 2. The number of nitrogens with one attached hydrogen (secondary N) is 3. The topological polar surface area (TPSA) is 329 Å². The minimum Gasteiger partial charge on any atom is -0.482 e. The zero-order chi connectivity index (χ0) is 64.6. The first-order valence-electron chi connectivity index (χ1n) is 28.5. The summed E-state index contributed by atoms with van der Waals surface area (Å²) in [7, 11) is 0. The summed E-state index contributed by atoms with van der Waals surface area (Å²) in [6.07, 6.45) is 0.846. The van der Waals surface area contributed by atoms with Crippen LogP contribution in [0.2, 0.25) is 0 Å². The second-order valence-corrected chi connectivity index (χ2v) is 22.6. The Morgan fingerprint density at radius 3 is 1.58 bits per heavy atom. The number of imide groups is 4. The minimum absolute atomic E-state index is 0. The molecule has 32 heteroatoms. The summed E-state index contributed by atoms with van der Waals surface area (Å²) >= 11 is 2.72. The van der Waals surface area contributed by atoms with Crippen LogP contribution < -0.4 is 41.0 Å². The van der Waals surface area contributed by atoms with Crippen molar-refractivity contribution in [3.05, 3.63) is 123 Å². The molecule has 8 amide bonds. The number of nitrogens with two attached hydrogens (primary N) is 1. The number of aryl methyl sites for hydroxylation is 1. The number of halogens is 5. The number of carbonyl (C=O) groups is 10. The van der Waals surface area contributed by atoms with Gasteiger partial charge in [0, 0.05) is 73.0 Å². The predicted octanol–water partition coefficient (Wildman–Crippen LogP) is 5.52. The molecule has 6 aliphatic rings. The number of hydrogen-bond donors (Lipinski definition) is 5. The molecule has 2 aromatic heterocycles. The van der Waals surface area contributed by atoms with Crippen LogP contribution in [0.25, 0.3) is 22.5 Å². The number of carboxylic acid groups (broad SMARTS) is 1. The van der Waals surface area contributed by atoms with E-state index in [1.165, 1.54) is 46.9 Å². The van der Waals surface area contributed by atoms with Crippen molar-refractivity contribution < 1.29 is 89.6 Å². The monoisotopic (exact) mass is 1330 g/mol. The van der Waals surface area contributed by atoms with Crippen LogP contribution in [0.15, 0.2) is 71.4 Å². The van der Waals surface area contributed by atoms with Crippen LogP contribution in [0, 0.1) is 23.3 Å². The molecule has 484 valence electrons. The summed E-state index contributed by atoms with van der Waals surface area (Å²) in [5.41, 5.74) is 8.42. The summed E-state index contributed by atoms with van der Waals surface area (Å²) in [4.78, 5) is 137. The first-order chi connectivity index (χ1) is 43.8. The zero-order valence-corrected chi connectivity index (χ0v) is 50.9. The van der Waals surface area contributed by atoms with E-state index in [0.717, 1.165) is 27.1 Å². The average Bonchev–Trinajstić information content (AvgIpc) is 1.62. The van der Waals surface area contributed by atoms with E-state index in [2.05, 4.69) is 25.9 Å². The lowest BCUT2D eigenvalue weighted by molar-refractivity contribution is -0.139. The molecule has 6 N–H and O–H groups in total. The van der Waals surface area contributed by atoms with E-state index in [9.17, 15) is 65.5 Å². The Balaban J connectivity index is 0.000000179. The SMILES string of the molecule is Cl.NCNc1cccc2c1C(=O)N(C1CCC(=O)NC1=O)C2=O.O=C(CCCc1cccc2c1C(=O)N(C1CCC(=O)NC1=O)C2=O)COc1c(-c2csc(N3CCOCC3)n2)ccc(F)c1F.O=C(O)COc1c(-c2csc(N3CCOCC3)n2)ccc(F)c1F. The average molecular weight is 1330 g/mol. The molecule has 4 fully saturated rings. The number of benzene rings is 4. The highest BCUT2D eigenvalue weighted by molar-refractivity contribution is 7.14. The first kappa shape index (κ1) is 67.1. The number of anilines is 3. The lowest BCUT2D eigenvalue weighted by Crippen LogP contribution is -2.54. The quantitative estimate of drug-likeness (QED) is 0.0401. The number of ketones is 1. The fourth-order valence-corrected chi connectivity index (χ4v) is 12.5. The van der Waals surface area contributed by atoms with E-state index in [1.807, 2.05) is 9.80 Å². The van der Waals surface area contributed by atoms with Crippen molar-refractivity contribution in [2.45, 2.75) is 57.0 Å². The van der Waals surface area contributed by atoms with Crippen LogP contribution in [-0.2, 0) is 44.7 Å². The highest BCUT2D eigenvalue weighted by atomic mass is 35.5. The smallest absolute Gasteiger partial charge is 0.341 e. The Morgan fingerprint density at radius 2 is 1.10 bits per heavy atom. The third kappa shape index (κ3) is 14.6. The fraction of sp³-hybridized carbons (Fsp3) is 0.333. The molecule has 25 nitrogen and oxygen atoms in total. The molecular formula is C60H57ClF4N10O15S2. The minimum atomic E-state index is -1.28. The molecule has 4 saturated heterocycles. The van der Waals surface area contributed by atoms with Crippen molar-refractivity contribution in [1.29, 1.82) is 0 Å². The summed E-state index contributed by atoms with van der Waals surface area (Å²) in [6.45, 7) is 3.90. The molecule has 8 heterocycles. The molecule has 4 aromatic carbocycles. The van der Waals surface area contributed by atoms with Gasteiger partial charge in [-0.3, -0.25) is 63.6 Å². The van der Waals surface area contributed by atoms with E-state index >= 15 is 0 Å². The number of rotatable bonds is 18. The molecule has 6 aromatic rings. The van der Waals surface area contributed by atoms with E-state index in [0.29, 0.717) is 80.4 Å². The van der Waals surface area contributed by atoms with Gasteiger partial charge in [-0.05, 0) is 73.7 Å². The van der Waals surface area contributed by atoms with Gasteiger partial charge in [-0.1, -0.05) is 18.2 Å². The number of morpholine rings is 2. The van der Waals surface area contributed by atoms with Crippen molar-refractivity contribution >= 4 is 110 Å². The Labute approximate surface area is 534 Å². The molecule has 6 aliphatic heterocycles. The summed E-state index contributed by atoms with van der Waals surface area (Å²) in [6, 6.07) is 12.2. The number of carboxylic acids is 1. The van der Waals surface area contributed by atoms with Gasteiger partial charge in [-0.25, -0.2) is 23.5 Å². The second-order valence-electron chi connectivity index (χ2n) is 20.9. The van der Waals surface area contributed by atoms with Gasteiger partial charge in [-0.15, -0.1) is 35.1 Å². The number of hydrogen-bond acceptors (Lipinski definition) is 22. The summed E-state index contributed by atoms with van der Waals surface area (Å²) < 4.78 is 77.6. The number of amides is 8. The largest absolute Gasteiger partial charge is 0.482 e. The van der Waals surface area contributed by atoms with E-state index in [1.54, 1.807) is 35.0 Å². The number of nitrogens with zero attached hydrogens (tertiary/aromatic N) is 6. The molecule has 12 rings (SSSR count). The molecule has 2 unspecified atom stereocenters. The number of Topliss-reactive ketones (excluding diaryl/α,β-unsaturated/α-hetero) is 1. The Bertz CT molecular complexity index is 3900. The van der Waals surface area contributed by atoms with Gasteiger partial charge in [-0.2, -0.15) is 8.78 Å². The molecule has 0 aliphatic carbocycles. The van der Waals surface area contributed by atoms with E-state index in [-0.39, 0.29) is 103 Å². The molecule has 2 atom stereocenters. The van der Waals surface area contributed by atoms with Crippen molar-refractivity contribution in [1.82, 2.24) is 30.4 Å². The third-order valence-electron chi connectivity index (χ3n) is 15.1. The zero-order valence-electron chi connectivity index (χ0n) is 48.5. The van der Waals surface area contributed by atoms with Crippen LogP contribution in [0.3, 0.4) is 0 Å². The van der Waals surface area contributed by atoms with Crippen LogP contribution >= 0.6 is 35.1 Å². The maximum absolute atomic E-state index is 14.9. The number of fused-ring (bicyclic) bond motifs is 2. The fourth-order valence-electron chi connectivity index (χ4n) is 10.7. The van der Waals surface area contributed by atoms with Crippen LogP contribution in [0.5, 0.6) is 11.5 Å². The summed E-state index contributed by atoms with van der Waals surface area (Å²) in [5.74, 6) is -11.7. The molecule has 92 heavy (non-hydrogen) atoms. The van der Waals surface area contributed by atoms with Gasteiger partial charge in [0.1, 0.15) is 18.7 Å². The van der Waals surface area contributed by atoms with Crippen molar-refractivity contribution in [3.8, 4) is 34.0 Å². The van der Waals surface area contributed by atoms with E-state index < -0.39 is 113 Å². The van der Waals surface area contributed by atoms with Crippen molar-refractivity contribution in [3.63, 3.8) is 0 Å². The number of carbonyl (C=O) groups excluding carboxylic acids is 9. The number of ether oxygens (including phenoxy) is 4. The molecular weight excluding hydrogens is 1280 g/mol. The van der Waals surface area contributed by atoms with Crippen LogP contribution in [0.1, 0.15) is 85.5 Å². The molecule has 0 saturated carbocycles. The first-order valence-corrected chi connectivity index (χ1v) is 30.2. The van der Waals surface area contributed by atoms with Gasteiger partial charge in [0.2, 0.25) is 35.3 Å². The van der Waals surface area contributed by atoms with Crippen LogP contribution in [0.4, 0.5) is 33.5 Å². The van der Waals surface area contributed by atoms with E-state index in [4.69, 9.17) is 29.8 Å². The summed E-state index contributed by atoms with van der Waals surface area (Å²) in [5, 5.41) is 20.7. The highest BCUT2D eigenvalue weighted by Gasteiger charge is 2.47. The predicted molar refractivity (Wildman–Crippen MR) is 324 cm³/mol. The molecule has 0 bridgehead atoms. The maximum atomic E-state index is 14.9. The lowest BCUT2D eigenvalue weighted by atomic mass is 9.98. The Hall–Kier alpha value is -9.27. The van der Waals surface area contributed by atoms with Gasteiger partial charge >= 0.3 is 5.97 Å². The second kappa shape index (κ2) is 29.8. The Kier molecular flexibility index (Phi) is 21.7. The van der Waals surface area contributed by atoms with Gasteiger partial charge in [0.25, 0.3) is 23.6 Å². The number of aliphatic carboxylic acids is 1.